The lowest BCUT2D eigenvalue weighted by molar-refractivity contribution is -0.138. The van der Waals surface area contributed by atoms with E-state index in [4.69, 9.17) is 0 Å². The van der Waals surface area contributed by atoms with Crippen LogP contribution in [-0.4, -0.2) is 34.0 Å². The zero-order valence-corrected chi connectivity index (χ0v) is 13.5. The molecule has 0 unspecified atom stereocenters. The number of hydrogen-bond acceptors (Lipinski definition) is 3. The topological polar surface area (TPSA) is 69.6 Å². The lowest BCUT2D eigenvalue weighted by atomic mass is 9.88. The fraction of sp³-hybridized carbons (Fsp3) is 0.500. The zero-order valence-electron chi connectivity index (χ0n) is 13.5. The molecule has 2 atom stereocenters. The second-order valence-electron chi connectivity index (χ2n) is 6.34. The van der Waals surface area contributed by atoms with Crippen molar-refractivity contribution in [3.05, 3.63) is 35.4 Å². The van der Waals surface area contributed by atoms with Crippen LogP contribution in [-0.2, 0) is 11.0 Å². The largest absolute Gasteiger partial charge is 0.416 e. The Morgan fingerprint density at radius 2 is 1.92 bits per heavy atom. The first-order chi connectivity index (χ1) is 11.0. The van der Waals surface area contributed by atoms with Gasteiger partial charge < -0.3 is 10.4 Å². The molecule has 2 N–H and O–H groups in total. The molecule has 0 saturated carbocycles. The van der Waals surface area contributed by atoms with Gasteiger partial charge in [-0.25, -0.2) is 4.79 Å². The van der Waals surface area contributed by atoms with Crippen molar-refractivity contribution in [2.24, 2.45) is 5.92 Å². The smallest absolute Gasteiger partial charge is 0.387 e. The third kappa shape index (κ3) is 3.24. The lowest BCUT2D eigenvalue weighted by Gasteiger charge is -2.26. The molecule has 1 aromatic rings. The molecule has 8 heteroatoms. The van der Waals surface area contributed by atoms with Crippen LogP contribution in [0.5, 0.6) is 0 Å². The van der Waals surface area contributed by atoms with Crippen LogP contribution in [0.2, 0.25) is 0 Å². The van der Waals surface area contributed by atoms with Gasteiger partial charge in [-0.2, -0.15) is 13.2 Å². The van der Waals surface area contributed by atoms with Crippen LogP contribution >= 0.6 is 0 Å². The Bertz CT molecular complexity index is 660. The fourth-order valence-corrected chi connectivity index (χ4v) is 2.47. The van der Waals surface area contributed by atoms with Crippen molar-refractivity contribution >= 4 is 11.9 Å². The molecular weight excluding hydrogens is 325 g/mol. The molecule has 2 rings (SSSR count). The highest BCUT2D eigenvalue weighted by atomic mass is 19.4. The van der Waals surface area contributed by atoms with Gasteiger partial charge in [0.05, 0.1) is 18.2 Å². The number of alkyl halides is 3. The molecule has 132 valence electrons. The van der Waals surface area contributed by atoms with E-state index in [1.54, 1.807) is 20.8 Å². The lowest BCUT2D eigenvalue weighted by Crippen LogP contribution is -2.48. The maximum absolute atomic E-state index is 12.7. The van der Waals surface area contributed by atoms with E-state index < -0.39 is 41.9 Å². The first kappa shape index (κ1) is 18.3. The molecular formula is C16H19F3N2O3. The summed E-state index contributed by atoms with van der Waals surface area (Å²) in [6.07, 6.45) is -5.94. The first-order valence-electron chi connectivity index (χ1n) is 7.46. The predicted molar refractivity (Wildman–Crippen MR) is 79.9 cm³/mol. The standard InChI is InChI=1S/C16H19F3N2O3/c1-9(2)15(3)13(23)21(14(24)20-15)8-12(22)10-5-4-6-11(7-10)16(17,18)19/h4-7,9,12,22H,8H2,1-3H3,(H,20,24)/t12-,15-/m0/s1. The van der Waals surface area contributed by atoms with Crippen molar-refractivity contribution in [1.29, 1.82) is 0 Å². The van der Waals surface area contributed by atoms with E-state index in [1.807, 2.05) is 0 Å². The van der Waals surface area contributed by atoms with E-state index >= 15 is 0 Å². The van der Waals surface area contributed by atoms with Gasteiger partial charge in [-0.1, -0.05) is 26.0 Å². The maximum atomic E-state index is 12.7. The molecule has 1 aromatic carbocycles. The highest BCUT2D eigenvalue weighted by Crippen LogP contribution is 2.32. The summed E-state index contributed by atoms with van der Waals surface area (Å²) in [6, 6.07) is 3.53. The van der Waals surface area contributed by atoms with Crippen LogP contribution in [0, 0.1) is 5.92 Å². The van der Waals surface area contributed by atoms with Crippen LogP contribution in [0.4, 0.5) is 18.0 Å². The van der Waals surface area contributed by atoms with Gasteiger partial charge in [-0.05, 0) is 30.5 Å². The third-order valence-electron chi connectivity index (χ3n) is 4.41. The Morgan fingerprint density at radius 1 is 1.29 bits per heavy atom. The number of hydrogen-bond donors (Lipinski definition) is 2. The van der Waals surface area contributed by atoms with E-state index in [1.165, 1.54) is 12.1 Å². The summed E-state index contributed by atoms with van der Waals surface area (Å²) in [5.74, 6) is -0.682. The Morgan fingerprint density at radius 3 is 2.42 bits per heavy atom. The average molecular weight is 344 g/mol. The van der Waals surface area contributed by atoms with E-state index in [0.29, 0.717) is 0 Å². The van der Waals surface area contributed by atoms with Gasteiger partial charge in [0.15, 0.2) is 0 Å². The van der Waals surface area contributed by atoms with Gasteiger partial charge in [0.1, 0.15) is 5.54 Å². The summed E-state index contributed by atoms with van der Waals surface area (Å²) >= 11 is 0. The molecule has 0 aromatic heterocycles. The monoisotopic (exact) mass is 344 g/mol. The average Bonchev–Trinajstić information content (AvgIpc) is 2.71. The molecule has 0 aliphatic carbocycles. The number of aliphatic hydroxyl groups excluding tert-OH is 1. The minimum Gasteiger partial charge on any atom is -0.387 e. The molecule has 24 heavy (non-hydrogen) atoms. The highest BCUT2D eigenvalue weighted by Gasteiger charge is 2.50. The Kier molecular flexibility index (Phi) is 4.63. The van der Waals surface area contributed by atoms with Gasteiger partial charge in [0.25, 0.3) is 5.91 Å². The van der Waals surface area contributed by atoms with Crippen LogP contribution in [0.1, 0.15) is 38.0 Å². The Labute approximate surface area is 137 Å². The molecule has 1 heterocycles. The fourth-order valence-electron chi connectivity index (χ4n) is 2.47. The number of halogens is 3. The second-order valence-corrected chi connectivity index (χ2v) is 6.34. The van der Waals surface area contributed by atoms with Crippen LogP contribution < -0.4 is 5.32 Å². The zero-order chi connectivity index (χ0) is 18.3. The number of carbonyl (C=O) groups excluding carboxylic acids is 2. The molecule has 1 aliphatic rings. The minimum atomic E-state index is -4.53. The predicted octanol–water partition coefficient (Wildman–Crippen LogP) is 2.71. The molecule has 0 bridgehead atoms. The molecule has 0 radical (unpaired) electrons. The van der Waals surface area contributed by atoms with Gasteiger partial charge in [-0.15, -0.1) is 0 Å². The molecule has 1 saturated heterocycles. The van der Waals surface area contributed by atoms with Crippen LogP contribution in [0.25, 0.3) is 0 Å². The normalized spacial score (nSPS) is 22.9. The van der Waals surface area contributed by atoms with Crippen LogP contribution in [0.15, 0.2) is 24.3 Å². The van der Waals surface area contributed by atoms with Crippen molar-refractivity contribution in [3.8, 4) is 0 Å². The van der Waals surface area contributed by atoms with E-state index in [-0.39, 0.29) is 11.5 Å². The van der Waals surface area contributed by atoms with Crippen molar-refractivity contribution in [2.75, 3.05) is 6.54 Å². The number of aliphatic hydroxyl groups is 1. The summed E-state index contributed by atoms with van der Waals surface area (Å²) in [4.78, 5) is 25.3. The molecule has 0 spiro atoms. The number of amides is 3. The highest BCUT2D eigenvalue weighted by molar-refractivity contribution is 6.07. The summed E-state index contributed by atoms with van der Waals surface area (Å²) in [6.45, 7) is 4.71. The minimum absolute atomic E-state index is 0.0106. The molecule has 1 fully saturated rings. The number of benzene rings is 1. The van der Waals surface area contributed by atoms with Crippen molar-refractivity contribution in [3.63, 3.8) is 0 Å². The quantitative estimate of drug-likeness (QED) is 0.825. The van der Waals surface area contributed by atoms with E-state index in [2.05, 4.69) is 5.32 Å². The van der Waals surface area contributed by atoms with Crippen LogP contribution in [0.3, 0.4) is 0 Å². The number of rotatable bonds is 4. The Hall–Kier alpha value is -2.09. The summed E-state index contributed by atoms with van der Waals surface area (Å²) < 4.78 is 38.2. The van der Waals surface area contributed by atoms with Gasteiger partial charge in [0.2, 0.25) is 0 Å². The number of imide groups is 1. The van der Waals surface area contributed by atoms with E-state index in [9.17, 15) is 27.9 Å². The SMILES string of the molecule is CC(C)[C@]1(C)NC(=O)N(C[C@H](O)c2cccc(C(F)(F)F)c2)C1=O. The first-order valence-corrected chi connectivity index (χ1v) is 7.46. The number of β-amino-alcohol motifs (C(OH)–C–C–N with tert-alkyl or cyclic N) is 1. The molecule has 3 amide bonds. The van der Waals surface area contributed by atoms with Gasteiger partial charge in [0, 0.05) is 0 Å². The summed E-state index contributed by atoms with van der Waals surface area (Å²) in [7, 11) is 0. The maximum Gasteiger partial charge on any atom is 0.416 e. The number of carbonyl (C=O) groups is 2. The molecule has 5 nitrogen and oxygen atoms in total. The number of nitrogens with zero attached hydrogens (tertiary/aromatic N) is 1. The van der Waals surface area contributed by atoms with Crippen molar-refractivity contribution in [1.82, 2.24) is 10.2 Å². The van der Waals surface area contributed by atoms with Gasteiger partial charge in [-0.3, -0.25) is 9.69 Å². The second kappa shape index (κ2) is 6.08. The van der Waals surface area contributed by atoms with Crippen molar-refractivity contribution < 1.29 is 27.9 Å². The van der Waals surface area contributed by atoms with Gasteiger partial charge >= 0.3 is 12.2 Å². The third-order valence-corrected chi connectivity index (χ3v) is 4.41. The Balaban J connectivity index is 2.20. The number of urea groups is 1. The number of nitrogens with one attached hydrogen (secondary N) is 1. The van der Waals surface area contributed by atoms with Crippen molar-refractivity contribution in [2.45, 2.75) is 38.6 Å². The summed E-state index contributed by atoms with van der Waals surface area (Å²) in [5, 5.41) is 12.7. The molecule has 1 aliphatic heterocycles. The summed E-state index contributed by atoms with van der Waals surface area (Å²) in [5.41, 5.74) is -2.00. The van der Waals surface area contributed by atoms with E-state index in [0.717, 1.165) is 17.0 Å².